The molecule has 0 spiro atoms. The second-order valence-corrected chi connectivity index (χ2v) is 4.63. The molecule has 0 atom stereocenters. The van der Waals surface area contributed by atoms with E-state index in [1.807, 2.05) is 0 Å². The first-order chi connectivity index (χ1) is 9.92. The molecule has 6 heteroatoms. The summed E-state index contributed by atoms with van der Waals surface area (Å²) in [6.07, 6.45) is 1.20. The van der Waals surface area contributed by atoms with Gasteiger partial charge in [-0.25, -0.2) is 4.39 Å². The van der Waals surface area contributed by atoms with Gasteiger partial charge in [0, 0.05) is 17.3 Å². The first-order valence-corrected chi connectivity index (χ1v) is 6.31. The minimum absolute atomic E-state index is 0.198. The van der Waals surface area contributed by atoms with E-state index in [2.05, 4.69) is 16.8 Å². The third kappa shape index (κ3) is 3.75. The molecule has 0 bridgehead atoms. The molecule has 0 aliphatic heterocycles. The number of alkyl halides is 2. The highest BCUT2D eigenvalue weighted by Crippen LogP contribution is 2.30. The lowest BCUT2D eigenvalue weighted by Crippen LogP contribution is -2.26. The molecule has 0 aliphatic rings. The van der Waals surface area contributed by atoms with Gasteiger partial charge in [0.2, 0.25) is 0 Å². The summed E-state index contributed by atoms with van der Waals surface area (Å²) < 4.78 is 39.6. The molecule has 0 radical (unpaired) electrons. The van der Waals surface area contributed by atoms with Gasteiger partial charge >= 0.3 is 5.92 Å². The van der Waals surface area contributed by atoms with Gasteiger partial charge in [-0.05, 0) is 30.3 Å². The minimum Gasteiger partial charge on any atom is -0.325 e. The van der Waals surface area contributed by atoms with E-state index in [0.29, 0.717) is 11.1 Å². The smallest absolute Gasteiger partial charge is 0.303 e. The zero-order chi connectivity index (χ0) is 15.5. The Bertz CT molecular complexity index is 703. The Labute approximate surface area is 124 Å². The number of halogens is 4. The average molecular weight is 311 g/mol. The summed E-state index contributed by atoms with van der Waals surface area (Å²) in [4.78, 5) is 3.62. The Morgan fingerprint density at radius 3 is 2.33 bits per heavy atom. The molecule has 21 heavy (non-hydrogen) atoms. The average Bonchev–Trinajstić information content (AvgIpc) is 2.46. The Hall–Kier alpha value is -2.03. The molecule has 2 N–H and O–H groups in total. The van der Waals surface area contributed by atoms with Crippen LogP contribution in [-0.2, 0) is 5.92 Å². The Kier molecular flexibility index (Phi) is 4.51. The summed E-state index contributed by atoms with van der Waals surface area (Å²) in [6.45, 7) is -0.875. The maximum Gasteiger partial charge on any atom is 0.303 e. The molecule has 2 aromatic rings. The van der Waals surface area contributed by atoms with Crippen LogP contribution in [0, 0.1) is 17.7 Å². The highest BCUT2D eigenvalue weighted by molar-refractivity contribution is 6.31. The van der Waals surface area contributed by atoms with Gasteiger partial charge < -0.3 is 5.73 Å². The molecular weight excluding hydrogens is 301 g/mol. The SMILES string of the molecule is NCC(F)(F)c1ncc(C#Cc2ccc(F)cc2)cc1Cl. The summed E-state index contributed by atoms with van der Waals surface area (Å²) in [5.41, 5.74) is 5.38. The van der Waals surface area contributed by atoms with Crippen molar-refractivity contribution < 1.29 is 13.2 Å². The second-order valence-electron chi connectivity index (χ2n) is 4.22. The summed E-state index contributed by atoms with van der Waals surface area (Å²) in [6, 6.07) is 6.87. The molecule has 2 rings (SSSR count). The minimum atomic E-state index is -3.28. The zero-order valence-corrected chi connectivity index (χ0v) is 11.5. The molecule has 1 heterocycles. The van der Waals surface area contributed by atoms with Crippen molar-refractivity contribution >= 4 is 11.6 Å². The van der Waals surface area contributed by atoms with Gasteiger partial charge in [0.05, 0.1) is 11.6 Å². The summed E-state index contributed by atoms with van der Waals surface area (Å²) >= 11 is 5.78. The molecule has 0 fully saturated rings. The Balaban J connectivity index is 2.28. The van der Waals surface area contributed by atoms with Gasteiger partial charge in [0.15, 0.2) is 0 Å². The number of hydrogen-bond acceptors (Lipinski definition) is 2. The van der Waals surface area contributed by atoms with Crippen molar-refractivity contribution in [1.82, 2.24) is 4.98 Å². The molecule has 0 unspecified atom stereocenters. The Morgan fingerprint density at radius 2 is 1.76 bits per heavy atom. The predicted molar refractivity (Wildman–Crippen MR) is 74.6 cm³/mol. The maximum atomic E-state index is 13.4. The van der Waals surface area contributed by atoms with Crippen molar-refractivity contribution in [2.45, 2.75) is 5.92 Å². The first kappa shape index (κ1) is 15.4. The fourth-order valence-electron chi connectivity index (χ4n) is 1.55. The van der Waals surface area contributed by atoms with E-state index in [0.717, 1.165) is 0 Å². The monoisotopic (exact) mass is 310 g/mol. The fourth-order valence-corrected chi connectivity index (χ4v) is 1.85. The standard InChI is InChI=1S/C15H10ClF3N2/c16-13-7-11(8-21-14(13)15(18,19)9-20)2-1-10-3-5-12(17)6-4-10/h3-8H,9,20H2. The van der Waals surface area contributed by atoms with Crippen molar-refractivity contribution in [3.05, 3.63) is 64.2 Å². The molecule has 0 saturated heterocycles. The molecule has 108 valence electrons. The Morgan fingerprint density at radius 1 is 1.14 bits per heavy atom. The quantitative estimate of drug-likeness (QED) is 0.864. The van der Waals surface area contributed by atoms with Crippen LogP contribution in [0.1, 0.15) is 16.8 Å². The van der Waals surface area contributed by atoms with Crippen LogP contribution in [0.25, 0.3) is 0 Å². The number of pyridine rings is 1. The lowest BCUT2D eigenvalue weighted by atomic mass is 10.1. The van der Waals surface area contributed by atoms with Gasteiger partial charge in [0.1, 0.15) is 11.5 Å². The molecule has 0 saturated carbocycles. The third-order valence-corrected chi connectivity index (χ3v) is 2.93. The van der Waals surface area contributed by atoms with Crippen LogP contribution in [-0.4, -0.2) is 11.5 Å². The van der Waals surface area contributed by atoms with Crippen LogP contribution in [0.5, 0.6) is 0 Å². The fraction of sp³-hybridized carbons (Fsp3) is 0.133. The normalized spacial score (nSPS) is 10.9. The predicted octanol–water partition coefficient (Wildman–Crippen LogP) is 3.32. The molecule has 0 amide bonds. The highest BCUT2D eigenvalue weighted by Gasteiger charge is 2.33. The topological polar surface area (TPSA) is 38.9 Å². The van der Waals surface area contributed by atoms with E-state index in [-0.39, 0.29) is 10.8 Å². The highest BCUT2D eigenvalue weighted by atomic mass is 35.5. The number of hydrogen-bond donors (Lipinski definition) is 1. The lowest BCUT2D eigenvalue weighted by Gasteiger charge is -2.14. The number of rotatable bonds is 2. The molecule has 1 aromatic carbocycles. The van der Waals surface area contributed by atoms with Crippen molar-refractivity contribution in [3.8, 4) is 11.8 Å². The van der Waals surface area contributed by atoms with Crippen molar-refractivity contribution in [2.75, 3.05) is 6.54 Å². The molecule has 0 aliphatic carbocycles. The van der Waals surface area contributed by atoms with Gasteiger partial charge in [0.25, 0.3) is 0 Å². The van der Waals surface area contributed by atoms with E-state index in [1.54, 1.807) is 0 Å². The number of nitrogens with two attached hydrogens (primary N) is 1. The van der Waals surface area contributed by atoms with Crippen LogP contribution >= 0.6 is 11.6 Å². The largest absolute Gasteiger partial charge is 0.325 e. The van der Waals surface area contributed by atoms with Crippen molar-refractivity contribution in [1.29, 1.82) is 0 Å². The number of nitrogens with zero attached hydrogens (tertiary/aromatic N) is 1. The summed E-state index contributed by atoms with van der Waals surface area (Å²) in [5.74, 6) is 1.84. The van der Waals surface area contributed by atoms with Gasteiger partial charge in [-0.2, -0.15) is 8.78 Å². The van der Waals surface area contributed by atoms with E-state index < -0.39 is 18.2 Å². The second kappa shape index (κ2) is 6.17. The molecule has 2 nitrogen and oxygen atoms in total. The van der Waals surface area contributed by atoms with Crippen molar-refractivity contribution in [3.63, 3.8) is 0 Å². The number of aromatic nitrogens is 1. The summed E-state index contributed by atoms with van der Waals surface area (Å²) in [5, 5.41) is -0.198. The van der Waals surface area contributed by atoms with E-state index in [1.165, 1.54) is 36.5 Å². The van der Waals surface area contributed by atoms with Gasteiger partial charge in [-0.1, -0.05) is 23.4 Å². The van der Waals surface area contributed by atoms with E-state index in [9.17, 15) is 13.2 Å². The van der Waals surface area contributed by atoms with Crippen LogP contribution in [0.4, 0.5) is 13.2 Å². The maximum absolute atomic E-state index is 13.4. The third-order valence-electron chi connectivity index (χ3n) is 2.64. The van der Waals surface area contributed by atoms with E-state index >= 15 is 0 Å². The first-order valence-electron chi connectivity index (χ1n) is 5.94. The van der Waals surface area contributed by atoms with Crippen LogP contribution in [0.3, 0.4) is 0 Å². The molecule has 1 aromatic heterocycles. The van der Waals surface area contributed by atoms with E-state index in [4.69, 9.17) is 17.3 Å². The van der Waals surface area contributed by atoms with Crippen LogP contribution < -0.4 is 5.73 Å². The van der Waals surface area contributed by atoms with Crippen molar-refractivity contribution in [2.24, 2.45) is 5.73 Å². The summed E-state index contributed by atoms with van der Waals surface area (Å²) in [7, 11) is 0. The van der Waals surface area contributed by atoms with Crippen LogP contribution in [0.2, 0.25) is 5.02 Å². The van der Waals surface area contributed by atoms with Crippen LogP contribution in [0.15, 0.2) is 36.5 Å². The number of benzene rings is 1. The lowest BCUT2D eigenvalue weighted by molar-refractivity contribution is 0.00150. The zero-order valence-electron chi connectivity index (χ0n) is 10.7. The van der Waals surface area contributed by atoms with Gasteiger partial charge in [-0.15, -0.1) is 0 Å². The van der Waals surface area contributed by atoms with Gasteiger partial charge in [-0.3, -0.25) is 4.98 Å². The molecular formula is C15H10ClF3N2.